The molecule has 0 heterocycles. The Morgan fingerprint density at radius 2 is 1.82 bits per heavy atom. The first kappa shape index (κ1) is 24.5. The normalized spacial score (nSPS) is 11.0. The van der Waals surface area contributed by atoms with Crippen molar-refractivity contribution in [1.82, 2.24) is 5.32 Å². The van der Waals surface area contributed by atoms with Crippen molar-refractivity contribution in [1.29, 1.82) is 0 Å². The van der Waals surface area contributed by atoms with E-state index >= 15 is 0 Å². The quantitative estimate of drug-likeness (QED) is 0.272. The molecule has 0 aliphatic rings. The highest BCUT2D eigenvalue weighted by Crippen LogP contribution is 2.24. The number of nitro benzene ring substituents is 1. The lowest BCUT2D eigenvalue weighted by molar-refractivity contribution is -0.384. The van der Waals surface area contributed by atoms with Crippen molar-refractivity contribution in [3.63, 3.8) is 0 Å². The number of nitro groups is 1. The number of methoxy groups -OCH3 is 1. The Labute approximate surface area is 201 Å². The number of amides is 2. The van der Waals surface area contributed by atoms with E-state index in [4.69, 9.17) is 16.3 Å². The Balaban J connectivity index is 2.00. The highest BCUT2D eigenvalue weighted by atomic mass is 35.5. The minimum Gasteiger partial charge on any atom is -0.496 e. The molecule has 0 saturated carbocycles. The minimum atomic E-state index is -0.633. The Hall–Kier alpha value is -4.17. The summed E-state index contributed by atoms with van der Waals surface area (Å²) in [5.74, 6) is -0.967. The highest BCUT2D eigenvalue weighted by molar-refractivity contribution is 6.31. The molecule has 3 rings (SSSR count). The number of hydrogen-bond acceptors (Lipinski definition) is 5. The molecule has 0 aliphatic carbocycles. The second-order valence-electron chi connectivity index (χ2n) is 7.48. The number of rotatable bonds is 7. The number of carbonyl (C=O) groups excluding carboxylic acids is 2. The molecular formula is C25H22ClN3O5. The lowest BCUT2D eigenvalue weighted by Crippen LogP contribution is -2.31. The predicted molar refractivity (Wildman–Crippen MR) is 131 cm³/mol. The molecule has 34 heavy (non-hydrogen) atoms. The monoisotopic (exact) mass is 479 g/mol. The molecule has 0 aliphatic heterocycles. The maximum atomic E-state index is 13.2. The third-order valence-corrected chi connectivity index (χ3v) is 5.16. The number of carbonyl (C=O) groups is 2. The van der Waals surface area contributed by atoms with E-state index < -0.39 is 16.7 Å². The van der Waals surface area contributed by atoms with E-state index in [2.05, 4.69) is 10.6 Å². The Morgan fingerprint density at radius 1 is 1.06 bits per heavy atom. The summed E-state index contributed by atoms with van der Waals surface area (Å²) in [4.78, 5) is 36.8. The van der Waals surface area contributed by atoms with Gasteiger partial charge >= 0.3 is 0 Å². The number of aryl methyl sites for hydroxylation is 2. The molecule has 2 N–H and O–H groups in total. The number of nitrogens with zero attached hydrogens (tertiary/aromatic N) is 1. The first-order valence-electron chi connectivity index (χ1n) is 10.2. The summed E-state index contributed by atoms with van der Waals surface area (Å²) in [6.45, 7) is 3.78. The molecule has 0 unspecified atom stereocenters. The Kier molecular flexibility index (Phi) is 7.65. The van der Waals surface area contributed by atoms with Crippen LogP contribution in [0.2, 0.25) is 5.02 Å². The molecular weight excluding hydrogens is 458 g/mol. The Morgan fingerprint density at radius 3 is 2.50 bits per heavy atom. The summed E-state index contributed by atoms with van der Waals surface area (Å²) in [6, 6.07) is 15.8. The van der Waals surface area contributed by atoms with Crippen molar-refractivity contribution in [3.8, 4) is 5.75 Å². The van der Waals surface area contributed by atoms with E-state index in [0.717, 1.165) is 11.1 Å². The van der Waals surface area contributed by atoms with Gasteiger partial charge in [0.05, 0.1) is 17.6 Å². The Bertz CT molecular complexity index is 1300. The van der Waals surface area contributed by atoms with E-state index in [-0.39, 0.29) is 22.7 Å². The van der Waals surface area contributed by atoms with E-state index in [9.17, 15) is 19.7 Å². The van der Waals surface area contributed by atoms with Gasteiger partial charge in [-0.15, -0.1) is 0 Å². The van der Waals surface area contributed by atoms with Crippen LogP contribution in [-0.2, 0) is 4.79 Å². The molecule has 0 aromatic heterocycles. The van der Waals surface area contributed by atoms with Crippen LogP contribution in [0.25, 0.3) is 6.08 Å². The number of benzene rings is 3. The number of non-ortho nitro benzene ring substituents is 1. The van der Waals surface area contributed by atoms with Gasteiger partial charge in [0.1, 0.15) is 11.4 Å². The van der Waals surface area contributed by atoms with E-state index in [1.807, 2.05) is 26.0 Å². The fourth-order valence-electron chi connectivity index (χ4n) is 3.24. The number of hydrogen-bond donors (Lipinski definition) is 2. The first-order valence-corrected chi connectivity index (χ1v) is 10.6. The second-order valence-corrected chi connectivity index (χ2v) is 7.92. The van der Waals surface area contributed by atoms with Gasteiger partial charge in [-0.05, 0) is 55.3 Å². The zero-order chi connectivity index (χ0) is 24.8. The van der Waals surface area contributed by atoms with Crippen molar-refractivity contribution in [2.45, 2.75) is 13.8 Å². The van der Waals surface area contributed by atoms with Gasteiger partial charge in [0.15, 0.2) is 0 Å². The van der Waals surface area contributed by atoms with E-state index in [1.165, 1.54) is 43.5 Å². The van der Waals surface area contributed by atoms with Crippen molar-refractivity contribution < 1.29 is 19.2 Å². The molecule has 3 aromatic carbocycles. The van der Waals surface area contributed by atoms with Gasteiger partial charge in [0, 0.05) is 22.8 Å². The number of halogens is 1. The van der Waals surface area contributed by atoms with Crippen LogP contribution in [0.1, 0.15) is 27.0 Å². The second kappa shape index (κ2) is 10.6. The maximum absolute atomic E-state index is 13.2. The average Bonchev–Trinajstić information content (AvgIpc) is 2.80. The number of nitrogens with one attached hydrogen (secondary N) is 2. The molecule has 0 spiro atoms. The van der Waals surface area contributed by atoms with Gasteiger partial charge < -0.3 is 15.4 Å². The van der Waals surface area contributed by atoms with E-state index in [0.29, 0.717) is 16.3 Å². The van der Waals surface area contributed by atoms with Gasteiger partial charge in [-0.3, -0.25) is 19.7 Å². The molecule has 174 valence electrons. The van der Waals surface area contributed by atoms with Gasteiger partial charge in [0.2, 0.25) is 0 Å². The van der Waals surface area contributed by atoms with Crippen LogP contribution in [0, 0.1) is 24.0 Å². The zero-order valence-electron chi connectivity index (χ0n) is 18.7. The lowest BCUT2D eigenvalue weighted by atomic mass is 10.1. The molecule has 2 amide bonds. The van der Waals surface area contributed by atoms with Crippen molar-refractivity contribution in [3.05, 3.63) is 104 Å². The topological polar surface area (TPSA) is 111 Å². The summed E-state index contributed by atoms with van der Waals surface area (Å²) in [5, 5.41) is 16.8. The maximum Gasteiger partial charge on any atom is 0.272 e. The zero-order valence-corrected chi connectivity index (χ0v) is 19.5. The molecule has 0 radical (unpaired) electrons. The van der Waals surface area contributed by atoms with Crippen LogP contribution in [0.4, 0.5) is 11.4 Å². The third kappa shape index (κ3) is 5.99. The number of anilines is 1. The molecule has 0 fully saturated rings. The van der Waals surface area contributed by atoms with Gasteiger partial charge in [-0.1, -0.05) is 41.4 Å². The van der Waals surface area contributed by atoms with Crippen molar-refractivity contribution in [2.24, 2.45) is 0 Å². The van der Waals surface area contributed by atoms with Crippen LogP contribution in [0.3, 0.4) is 0 Å². The van der Waals surface area contributed by atoms with E-state index in [1.54, 1.807) is 18.2 Å². The molecule has 9 heteroatoms. The fourth-order valence-corrected chi connectivity index (χ4v) is 3.42. The predicted octanol–water partition coefficient (Wildman–Crippen LogP) is 5.28. The van der Waals surface area contributed by atoms with Crippen LogP contribution in [-0.4, -0.2) is 23.8 Å². The van der Waals surface area contributed by atoms with Crippen molar-refractivity contribution >= 4 is 40.9 Å². The first-order chi connectivity index (χ1) is 16.2. The summed E-state index contributed by atoms with van der Waals surface area (Å²) in [6.07, 6.45) is 1.36. The van der Waals surface area contributed by atoms with Gasteiger partial charge in [0.25, 0.3) is 17.5 Å². The fraction of sp³-hybridized carbons (Fsp3) is 0.120. The molecule has 0 saturated heterocycles. The van der Waals surface area contributed by atoms with Gasteiger partial charge in [-0.25, -0.2) is 0 Å². The minimum absolute atomic E-state index is 0.118. The number of ether oxygens (including phenoxy) is 1. The summed E-state index contributed by atoms with van der Waals surface area (Å²) in [7, 11) is 1.41. The summed E-state index contributed by atoms with van der Waals surface area (Å²) >= 11 is 6.04. The highest BCUT2D eigenvalue weighted by Gasteiger charge is 2.19. The van der Waals surface area contributed by atoms with Crippen LogP contribution < -0.4 is 15.4 Å². The third-order valence-electron chi connectivity index (χ3n) is 4.92. The summed E-state index contributed by atoms with van der Waals surface area (Å²) < 4.78 is 5.23. The molecule has 3 aromatic rings. The summed E-state index contributed by atoms with van der Waals surface area (Å²) in [5.41, 5.74) is 2.65. The van der Waals surface area contributed by atoms with Crippen LogP contribution >= 0.6 is 11.6 Å². The SMILES string of the molecule is COc1ccc(Cl)cc1C(=O)NC(=Cc1cccc([N+](=O)[O-])c1)C(=O)Nc1ccc(C)cc1C. The van der Waals surface area contributed by atoms with Gasteiger partial charge in [-0.2, -0.15) is 0 Å². The van der Waals surface area contributed by atoms with Crippen LogP contribution in [0.15, 0.2) is 66.4 Å². The average molecular weight is 480 g/mol. The van der Waals surface area contributed by atoms with Crippen molar-refractivity contribution in [2.75, 3.05) is 12.4 Å². The largest absolute Gasteiger partial charge is 0.496 e. The standard InChI is InChI=1S/C25H22ClN3O5/c1-15-7-9-21(16(2)11-15)27-25(31)22(13-17-5-4-6-19(12-17)29(32)33)28-24(30)20-14-18(26)8-10-23(20)34-3/h4-14H,1-3H3,(H,27,31)(H,28,30). The molecule has 0 atom stereocenters. The smallest absolute Gasteiger partial charge is 0.272 e. The molecule has 0 bridgehead atoms. The lowest BCUT2D eigenvalue weighted by Gasteiger charge is -2.14. The van der Waals surface area contributed by atoms with Crippen LogP contribution in [0.5, 0.6) is 5.75 Å². The molecule has 8 nitrogen and oxygen atoms in total.